The van der Waals surface area contributed by atoms with Gasteiger partial charge in [0.2, 0.25) is 5.91 Å². The van der Waals surface area contributed by atoms with E-state index in [1.165, 1.54) is 0 Å². The highest BCUT2D eigenvalue weighted by Gasteiger charge is 2.48. The highest BCUT2D eigenvalue weighted by molar-refractivity contribution is 5.88. The number of fused-ring (bicyclic) bond motifs is 1. The predicted molar refractivity (Wildman–Crippen MR) is 71.4 cm³/mol. The Kier molecular flexibility index (Phi) is 4.13. The first-order valence-corrected chi connectivity index (χ1v) is 7.24. The molecule has 0 spiro atoms. The van der Waals surface area contributed by atoms with Crippen molar-refractivity contribution < 1.29 is 14.7 Å². The van der Waals surface area contributed by atoms with Gasteiger partial charge in [-0.05, 0) is 31.1 Å². The van der Waals surface area contributed by atoms with Gasteiger partial charge in [-0.25, -0.2) is 4.79 Å². The summed E-state index contributed by atoms with van der Waals surface area (Å²) < 4.78 is 0. The standard InChI is InChI=1S/C14H24N2O3/c1-8(2)12(15)13(17)16-10-6-4-3-5-9(10)7-11(16)14(18)19/h8-12H,3-7,15H2,1-2H3,(H,18,19). The third-order valence-electron chi connectivity index (χ3n) is 4.63. The molecule has 1 amide bonds. The molecule has 2 fully saturated rings. The topological polar surface area (TPSA) is 83.6 Å². The minimum absolute atomic E-state index is 0.0320. The van der Waals surface area contributed by atoms with Gasteiger partial charge in [-0.2, -0.15) is 0 Å². The van der Waals surface area contributed by atoms with Crippen LogP contribution in [-0.4, -0.2) is 40.0 Å². The van der Waals surface area contributed by atoms with Crippen LogP contribution in [0, 0.1) is 11.8 Å². The molecule has 1 heterocycles. The lowest BCUT2D eigenvalue weighted by Crippen LogP contribution is -2.54. The van der Waals surface area contributed by atoms with Crippen LogP contribution in [-0.2, 0) is 9.59 Å². The van der Waals surface area contributed by atoms with Crippen molar-refractivity contribution in [1.82, 2.24) is 4.90 Å². The van der Waals surface area contributed by atoms with Crippen molar-refractivity contribution in [3.8, 4) is 0 Å². The van der Waals surface area contributed by atoms with E-state index in [9.17, 15) is 14.7 Å². The SMILES string of the molecule is CC(C)C(N)C(=O)N1C(C(=O)O)CC2CCCCC21. The highest BCUT2D eigenvalue weighted by atomic mass is 16.4. The number of rotatable bonds is 3. The fourth-order valence-corrected chi connectivity index (χ4v) is 3.45. The maximum absolute atomic E-state index is 12.5. The van der Waals surface area contributed by atoms with E-state index in [-0.39, 0.29) is 17.9 Å². The van der Waals surface area contributed by atoms with Crippen molar-refractivity contribution in [1.29, 1.82) is 0 Å². The second-order valence-corrected chi connectivity index (χ2v) is 6.22. The van der Waals surface area contributed by atoms with Crippen molar-refractivity contribution in [2.24, 2.45) is 17.6 Å². The fourth-order valence-electron chi connectivity index (χ4n) is 3.45. The van der Waals surface area contributed by atoms with E-state index in [4.69, 9.17) is 5.73 Å². The summed E-state index contributed by atoms with van der Waals surface area (Å²) in [6.07, 6.45) is 4.77. The van der Waals surface area contributed by atoms with E-state index in [1.807, 2.05) is 13.8 Å². The zero-order chi connectivity index (χ0) is 14.2. The average molecular weight is 268 g/mol. The van der Waals surface area contributed by atoms with Crippen LogP contribution in [0.5, 0.6) is 0 Å². The van der Waals surface area contributed by atoms with E-state index in [1.54, 1.807) is 4.90 Å². The molecule has 19 heavy (non-hydrogen) atoms. The first-order chi connectivity index (χ1) is 8.93. The van der Waals surface area contributed by atoms with Gasteiger partial charge in [0, 0.05) is 6.04 Å². The Morgan fingerprint density at radius 1 is 1.26 bits per heavy atom. The van der Waals surface area contributed by atoms with Gasteiger partial charge in [0.15, 0.2) is 0 Å². The lowest BCUT2D eigenvalue weighted by atomic mass is 9.84. The largest absolute Gasteiger partial charge is 0.480 e. The molecule has 0 aromatic rings. The van der Waals surface area contributed by atoms with E-state index < -0.39 is 18.1 Å². The number of likely N-dealkylation sites (tertiary alicyclic amines) is 1. The monoisotopic (exact) mass is 268 g/mol. The molecule has 4 atom stereocenters. The van der Waals surface area contributed by atoms with E-state index >= 15 is 0 Å². The van der Waals surface area contributed by atoms with Crippen LogP contribution in [0.2, 0.25) is 0 Å². The number of aliphatic carboxylic acids is 1. The Balaban J connectivity index is 2.22. The number of hydrogen-bond acceptors (Lipinski definition) is 3. The van der Waals surface area contributed by atoms with Crippen LogP contribution in [0.1, 0.15) is 46.0 Å². The number of nitrogens with two attached hydrogens (primary N) is 1. The summed E-state index contributed by atoms with van der Waals surface area (Å²) in [5.74, 6) is -0.696. The summed E-state index contributed by atoms with van der Waals surface area (Å²) in [4.78, 5) is 25.5. The smallest absolute Gasteiger partial charge is 0.326 e. The van der Waals surface area contributed by atoms with Crippen LogP contribution in [0.3, 0.4) is 0 Å². The zero-order valence-electron chi connectivity index (χ0n) is 11.7. The summed E-state index contributed by atoms with van der Waals surface area (Å²) in [5, 5.41) is 9.37. The van der Waals surface area contributed by atoms with Crippen LogP contribution in [0.15, 0.2) is 0 Å². The number of nitrogens with zero attached hydrogens (tertiary/aromatic N) is 1. The minimum atomic E-state index is -0.890. The summed E-state index contributed by atoms with van der Waals surface area (Å²) in [7, 11) is 0. The van der Waals surface area contributed by atoms with Crippen molar-refractivity contribution in [3.63, 3.8) is 0 Å². The van der Waals surface area contributed by atoms with Crippen LogP contribution < -0.4 is 5.73 Å². The molecule has 108 valence electrons. The lowest BCUT2D eigenvalue weighted by molar-refractivity contribution is -0.150. The maximum Gasteiger partial charge on any atom is 0.326 e. The van der Waals surface area contributed by atoms with Gasteiger partial charge >= 0.3 is 5.97 Å². The molecular formula is C14H24N2O3. The summed E-state index contributed by atoms with van der Waals surface area (Å²) in [5.41, 5.74) is 5.94. The molecule has 1 saturated carbocycles. The third kappa shape index (κ3) is 2.61. The Morgan fingerprint density at radius 2 is 1.89 bits per heavy atom. The number of hydrogen-bond donors (Lipinski definition) is 2. The zero-order valence-corrected chi connectivity index (χ0v) is 11.7. The predicted octanol–water partition coefficient (Wildman–Crippen LogP) is 1.21. The van der Waals surface area contributed by atoms with E-state index in [2.05, 4.69) is 0 Å². The Hall–Kier alpha value is -1.10. The molecule has 0 aromatic carbocycles. The molecule has 2 rings (SSSR count). The molecule has 1 aliphatic carbocycles. The second kappa shape index (κ2) is 5.49. The minimum Gasteiger partial charge on any atom is -0.480 e. The number of carbonyl (C=O) groups is 2. The highest BCUT2D eigenvalue weighted by Crippen LogP contribution is 2.40. The van der Waals surface area contributed by atoms with Crippen molar-refractivity contribution in [3.05, 3.63) is 0 Å². The van der Waals surface area contributed by atoms with Crippen molar-refractivity contribution in [2.75, 3.05) is 0 Å². The van der Waals surface area contributed by atoms with Gasteiger partial charge in [-0.15, -0.1) is 0 Å². The number of carbonyl (C=O) groups excluding carboxylic acids is 1. The Morgan fingerprint density at radius 3 is 2.47 bits per heavy atom. The van der Waals surface area contributed by atoms with Crippen LogP contribution in [0.25, 0.3) is 0 Å². The molecule has 1 saturated heterocycles. The quantitative estimate of drug-likeness (QED) is 0.806. The maximum atomic E-state index is 12.5. The number of carboxylic acids is 1. The molecule has 0 aromatic heterocycles. The van der Waals surface area contributed by atoms with Crippen molar-refractivity contribution >= 4 is 11.9 Å². The van der Waals surface area contributed by atoms with Crippen molar-refractivity contribution in [2.45, 2.75) is 64.1 Å². The number of carboxylic acid groups (broad SMARTS) is 1. The molecule has 1 aliphatic heterocycles. The average Bonchev–Trinajstić information content (AvgIpc) is 2.76. The normalized spacial score (nSPS) is 32.2. The van der Waals surface area contributed by atoms with Gasteiger partial charge in [0.1, 0.15) is 6.04 Å². The van der Waals surface area contributed by atoms with E-state index in [0.29, 0.717) is 12.3 Å². The molecule has 5 nitrogen and oxygen atoms in total. The summed E-state index contributed by atoms with van der Waals surface area (Å²) in [6.45, 7) is 3.79. The Bertz CT molecular complexity index is 370. The first-order valence-electron chi connectivity index (χ1n) is 7.24. The molecule has 0 bridgehead atoms. The fraction of sp³-hybridized carbons (Fsp3) is 0.857. The Labute approximate surface area is 114 Å². The first kappa shape index (κ1) is 14.3. The molecule has 2 aliphatic rings. The molecule has 5 heteroatoms. The number of amides is 1. The molecule has 0 radical (unpaired) electrons. The van der Waals surface area contributed by atoms with Gasteiger partial charge in [0.25, 0.3) is 0 Å². The van der Waals surface area contributed by atoms with Gasteiger partial charge in [-0.3, -0.25) is 4.79 Å². The van der Waals surface area contributed by atoms with Gasteiger partial charge in [-0.1, -0.05) is 26.7 Å². The van der Waals surface area contributed by atoms with E-state index in [0.717, 1.165) is 25.7 Å². The van der Waals surface area contributed by atoms with Gasteiger partial charge in [0.05, 0.1) is 6.04 Å². The van der Waals surface area contributed by atoms with Crippen LogP contribution in [0.4, 0.5) is 0 Å². The van der Waals surface area contributed by atoms with Crippen LogP contribution >= 0.6 is 0 Å². The molecule has 4 unspecified atom stereocenters. The van der Waals surface area contributed by atoms with Gasteiger partial charge < -0.3 is 15.7 Å². The summed E-state index contributed by atoms with van der Waals surface area (Å²) >= 11 is 0. The lowest BCUT2D eigenvalue weighted by Gasteiger charge is -2.35. The third-order valence-corrected chi connectivity index (χ3v) is 4.63. The molecule has 3 N–H and O–H groups in total. The molecular weight excluding hydrogens is 244 g/mol. The second-order valence-electron chi connectivity index (χ2n) is 6.22. The summed E-state index contributed by atoms with van der Waals surface area (Å²) in [6, 6.07) is -1.18.